The third-order valence-electron chi connectivity index (χ3n) is 5.53. The Morgan fingerprint density at radius 1 is 0.639 bits per heavy atom. The largest absolute Gasteiger partial charge is 0.483 e. The van der Waals surface area contributed by atoms with Gasteiger partial charge in [-0.1, -0.05) is 74.0 Å². The lowest BCUT2D eigenvalue weighted by molar-refractivity contribution is -0.195. The Kier molecular flexibility index (Phi) is 7.58. The fourth-order valence-corrected chi connectivity index (χ4v) is 3.71. The predicted octanol–water partition coefficient (Wildman–Crippen LogP) is 8.44. The normalized spacial score (nSPS) is 11.4. The lowest BCUT2D eigenvalue weighted by Gasteiger charge is -2.18. The molecule has 0 aromatic heterocycles. The molecule has 0 aliphatic rings. The van der Waals surface area contributed by atoms with Crippen LogP contribution in [0.15, 0.2) is 84.9 Å². The van der Waals surface area contributed by atoms with Gasteiger partial charge in [0, 0.05) is 12.1 Å². The first-order valence-electron chi connectivity index (χ1n) is 11.4. The lowest BCUT2D eigenvalue weighted by Crippen LogP contribution is -2.32. The highest BCUT2D eigenvalue weighted by Gasteiger charge is 2.34. The number of alkyl halides is 2. The summed E-state index contributed by atoms with van der Waals surface area (Å²) >= 11 is 0. The fraction of sp³-hybridized carbons (Fsp3) is 0.172. The summed E-state index contributed by atoms with van der Waals surface area (Å²) in [5, 5.41) is 0. The van der Waals surface area contributed by atoms with Crippen LogP contribution in [0, 0.1) is 17.5 Å². The molecule has 0 saturated heterocycles. The van der Waals surface area contributed by atoms with Gasteiger partial charge in [-0.25, -0.2) is 13.2 Å². The highest BCUT2D eigenvalue weighted by molar-refractivity contribution is 5.70. The summed E-state index contributed by atoms with van der Waals surface area (Å²) in [6, 6.07) is 23.7. The van der Waals surface area contributed by atoms with E-state index in [2.05, 4.69) is 35.9 Å². The molecule has 0 atom stereocenters. The molecule has 0 saturated carbocycles. The van der Waals surface area contributed by atoms with Gasteiger partial charge in [0.2, 0.25) is 0 Å². The molecule has 0 bridgehead atoms. The molecular formula is C29H23F5O2. The van der Waals surface area contributed by atoms with Crippen molar-refractivity contribution in [2.45, 2.75) is 25.9 Å². The summed E-state index contributed by atoms with van der Waals surface area (Å²) in [6.07, 6.45) is -1.75. The average Bonchev–Trinajstić information content (AvgIpc) is 2.87. The Morgan fingerprint density at radius 2 is 1.08 bits per heavy atom. The molecule has 0 spiro atoms. The minimum absolute atomic E-state index is 0.155. The molecule has 2 nitrogen and oxygen atoms in total. The topological polar surface area (TPSA) is 18.5 Å². The lowest BCUT2D eigenvalue weighted by atomic mass is 9.99. The molecular weight excluding hydrogens is 475 g/mol. The molecule has 4 aromatic carbocycles. The Labute approximate surface area is 205 Å². The van der Waals surface area contributed by atoms with Crippen molar-refractivity contribution >= 4 is 0 Å². The number of benzene rings is 4. The van der Waals surface area contributed by atoms with Crippen LogP contribution in [0.5, 0.6) is 11.5 Å². The molecule has 0 heterocycles. The molecule has 0 aliphatic heterocycles. The van der Waals surface area contributed by atoms with Crippen LogP contribution < -0.4 is 9.47 Å². The van der Waals surface area contributed by atoms with Crippen molar-refractivity contribution in [3.63, 3.8) is 0 Å². The van der Waals surface area contributed by atoms with Crippen molar-refractivity contribution in [2.75, 3.05) is 6.61 Å². The zero-order valence-corrected chi connectivity index (χ0v) is 19.4. The summed E-state index contributed by atoms with van der Waals surface area (Å²) < 4.78 is 76.9. The SMILES string of the molecule is CCCc1ccc(-c2ccc(-c3ccc(OCC(F)(F)Oc4cc(F)c(F)c(F)c4)cc3)cc2)cc1. The van der Waals surface area contributed by atoms with E-state index < -0.39 is 35.9 Å². The van der Waals surface area contributed by atoms with E-state index in [0.717, 1.165) is 35.1 Å². The Bertz CT molecular complexity index is 1280. The van der Waals surface area contributed by atoms with Crippen LogP contribution >= 0.6 is 0 Å². The zero-order valence-electron chi connectivity index (χ0n) is 19.4. The second kappa shape index (κ2) is 10.8. The third kappa shape index (κ3) is 6.22. The fourth-order valence-electron chi connectivity index (χ4n) is 3.71. The van der Waals surface area contributed by atoms with Gasteiger partial charge in [0.1, 0.15) is 11.5 Å². The molecule has 0 fully saturated rings. The van der Waals surface area contributed by atoms with E-state index in [0.29, 0.717) is 12.1 Å². The number of ether oxygens (including phenoxy) is 2. The van der Waals surface area contributed by atoms with Gasteiger partial charge in [-0.2, -0.15) is 8.78 Å². The highest BCUT2D eigenvalue weighted by Crippen LogP contribution is 2.29. The van der Waals surface area contributed by atoms with Gasteiger partial charge in [0.25, 0.3) is 0 Å². The van der Waals surface area contributed by atoms with Crippen molar-refractivity contribution in [3.8, 4) is 33.8 Å². The molecule has 0 unspecified atom stereocenters. The van der Waals surface area contributed by atoms with Gasteiger partial charge in [-0.05, 0) is 46.4 Å². The standard InChI is InChI=1S/C29H23F5O2/c1-2-3-19-4-6-20(7-5-19)21-8-10-22(11-9-21)23-12-14-24(15-13-23)35-18-29(33,34)36-25-16-26(30)28(32)27(31)17-25/h4-17H,2-3,18H2,1H3. The maximum atomic E-state index is 14.1. The Morgan fingerprint density at radius 3 is 1.56 bits per heavy atom. The van der Waals surface area contributed by atoms with Crippen LogP contribution in [0.3, 0.4) is 0 Å². The Hall–Kier alpha value is -3.87. The summed E-state index contributed by atoms with van der Waals surface area (Å²) in [5.41, 5.74) is 5.33. The molecule has 0 radical (unpaired) electrons. The van der Waals surface area contributed by atoms with Crippen LogP contribution in [0.1, 0.15) is 18.9 Å². The first kappa shape index (κ1) is 25.2. The van der Waals surface area contributed by atoms with Crippen molar-refractivity contribution in [1.29, 1.82) is 0 Å². The summed E-state index contributed by atoms with van der Waals surface area (Å²) in [5.74, 6) is -5.72. The van der Waals surface area contributed by atoms with E-state index in [1.165, 1.54) is 17.7 Å². The van der Waals surface area contributed by atoms with E-state index >= 15 is 0 Å². The number of hydrogen-bond acceptors (Lipinski definition) is 2. The van der Waals surface area contributed by atoms with Gasteiger partial charge in [0.05, 0.1) is 0 Å². The first-order valence-corrected chi connectivity index (χ1v) is 11.4. The zero-order chi connectivity index (χ0) is 25.7. The average molecular weight is 498 g/mol. The molecule has 4 rings (SSSR count). The van der Waals surface area contributed by atoms with Crippen LogP contribution in [-0.2, 0) is 6.42 Å². The van der Waals surface area contributed by atoms with Gasteiger partial charge >= 0.3 is 6.11 Å². The molecule has 0 amide bonds. The highest BCUT2D eigenvalue weighted by atomic mass is 19.3. The van der Waals surface area contributed by atoms with E-state index in [4.69, 9.17) is 4.74 Å². The van der Waals surface area contributed by atoms with Crippen LogP contribution in [-0.4, -0.2) is 12.7 Å². The van der Waals surface area contributed by atoms with Crippen molar-refractivity contribution < 1.29 is 31.4 Å². The van der Waals surface area contributed by atoms with Gasteiger partial charge in [-0.3, -0.25) is 0 Å². The predicted molar refractivity (Wildman–Crippen MR) is 129 cm³/mol. The van der Waals surface area contributed by atoms with Crippen molar-refractivity contribution in [1.82, 2.24) is 0 Å². The molecule has 4 aromatic rings. The molecule has 186 valence electrons. The van der Waals surface area contributed by atoms with Crippen LogP contribution in [0.4, 0.5) is 22.0 Å². The van der Waals surface area contributed by atoms with E-state index in [1.807, 2.05) is 24.3 Å². The molecule has 7 heteroatoms. The summed E-state index contributed by atoms with van der Waals surface area (Å²) in [4.78, 5) is 0. The van der Waals surface area contributed by atoms with Gasteiger partial charge < -0.3 is 9.47 Å². The van der Waals surface area contributed by atoms with Gasteiger partial charge in [0.15, 0.2) is 24.1 Å². The minimum atomic E-state index is -3.90. The molecule has 0 aliphatic carbocycles. The maximum Gasteiger partial charge on any atom is 0.433 e. The van der Waals surface area contributed by atoms with Crippen molar-refractivity contribution in [3.05, 3.63) is 108 Å². The van der Waals surface area contributed by atoms with E-state index in [-0.39, 0.29) is 5.75 Å². The second-order valence-electron chi connectivity index (χ2n) is 8.28. The first-order chi connectivity index (χ1) is 17.2. The number of hydrogen-bond donors (Lipinski definition) is 0. The third-order valence-corrected chi connectivity index (χ3v) is 5.53. The van der Waals surface area contributed by atoms with Crippen LogP contribution in [0.25, 0.3) is 22.3 Å². The monoisotopic (exact) mass is 498 g/mol. The van der Waals surface area contributed by atoms with Crippen molar-refractivity contribution in [2.24, 2.45) is 0 Å². The smallest absolute Gasteiger partial charge is 0.433 e. The van der Waals surface area contributed by atoms with E-state index in [1.54, 1.807) is 12.1 Å². The van der Waals surface area contributed by atoms with Crippen LogP contribution in [0.2, 0.25) is 0 Å². The molecule has 0 N–H and O–H groups in total. The maximum absolute atomic E-state index is 14.1. The number of halogens is 5. The van der Waals surface area contributed by atoms with Gasteiger partial charge in [-0.15, -0.1) is 0 Å². The number of rotatable bonds is 9. The summed E-state index contributed by atoms with van der Waals surface area (Å²) in [6.45, 7) is 0.941. The second-order valence-corrected chi connectivity index (χ2v) is 8.28. The van der Waals surface area contributed by atoms with E-state index in [9.17, 15) is 22.0 Å². The quantitative estimate of drug-likeness (QED) is 0.170. The minimum Gasteiger partial charge on any atom is -0.483 e. The number of aryl methyl sites for hydroxylation is 1. The Balaban J connectivity index is 1.37. The molecule has 36 heavy (non-hydrogen) atoms. The summed E-state index contributed by atoms with van der Waals surface area (Å²) in [7, 11) is 0.